The maximum atomic E-state index is 12.3. The van der Waals surface area contributed by atoms with Crippen molar-refractivity contribution in [2.75, 3.05) is 21.3 Å². The van der Waals surface area contributed by atoms with Crippen molar-refractivity contribution in [2.45, 2.75) is 6.61 Å². The van der Waals surface area contributed by atoms with Crippen LogP contribution < -0.4 is 9.47 Å². The van der Waals surface area contributed by atoms with E-state index in [9.17, 15) is 13.6 Å². The van der Waals surface area contributed by atoms with E-state index in [1.807, 2.05) is 0 Å². The summed E-state index contributed by atoms with van der Waals surface area (Å²) in [4.78, 5) is 16.6. The summed E-state index contributed by atoms with van der Waals surface area (Å²) in [7, 11) is 3.93. The SMILES string of the molecule is COc1cccc(C(=O)N(C)OC)c1OC(F)F. The van der Waals surface area contributed by atoms with Gasteiger partial charge in [0.15, 0.2) is 11.5 Å². The van der Waals surface area contributed by atoms with Crippen LogP contribution in [0.5, 0.6) is 11.5 Å². The lowest BCUT2D eigenvalue weighted by molar-refractivity contribution is -0.0772. The van der Waals surface area contributed by atoms with Crippen LogP contribution in [-0.4, -0.2) is 38.8 Å². The Hall–Kier alpha value is -1.89. The highest BCUT2D eigenvalue weighted by Gasteiger charge is 2.22. The smallest absolute Gasteiger partial charge is 0.387 e. The minimum Gasteiger partial charge on any atom is -0.493 e. The second kappa shape index (κ2) is 6.15. The Bertz CT molecular complexity index is 426. The van der Waals surface area contributed by atoms with Crippen LogP contribution in [0.1, 0.15) is 10.4 Å². The van der Waals surface area contributed by atoms with Crippen molar-refractivity contribution in [1.29, 1.82) is 0 Å². The lowest BCUT2D eigenvalue weighted by Crippen LogP contribution is -2.26. The molecule has 7 heteroatoms. The number of alkyl halides is 2. The standard InChI is InChI=1S/C11H13F2NO4/c1-14(17-3)10(15)7-5-4-6-8(16-2)9(7)18-11(12)13/h4-6,11H,1-3H3. The molecule has 0 atom stereocenters. The lowest BCUT2D eigenvalue weighted by atomic mass is 10.1. The highest BCUT2D eigenvalue weighted by atomic mass is 19.3. The van der Waals surface area contributed by atoms with Crippen molar-refractivity contribution >= 4 is 5.91 Å². The Morgan fingerprint density at radius 1 is 1.33 bits per heavy atom. The van der Waals surface area contributed by atoms with Crippen LogP contribution in [0.25, 0.3) is 0 Å². The number of benzene rings is 1. The zero-order valence-electron chi connectivity index (χ0n) is 10.1. The molecule has 0 fully saturated rings. The van der Waals surface area contributed by atoms with Crippen LogP contribution in [0.4, 0.5) is 8.78 Å². The van der Waals surface area contributed by atoms with Crippen molar-refractivity contribution in [2.24, 2.45) is 0 Å². The van der Waals surface area contributed by atoms with E-state index in [4.69, 9.17) is 9.57 Å². The van der Waals surface area contributed by atoms with Crippen LogP contribution in [0.3, 0.4) is 0 Å². The van der Waals surface area contributed by atoms with Gasteiger partial charge in [0, 0.05) is 7.05 Å². The Morgan fingerprint density at radius 3 is 2.50 bits per heavy atom. The Balaban J connectivity index is 3.21. The summed E-state index contributed by atoms with van der Waals surface area (Å²) < 4.78 is 33.9. The monoisotopic (exact) mass is 261 g/mol. The molecule has 18 heavy (non-hydrogen) atoms. The third-order valence-corrected chi connectivity index (χ3v) is 2.20. The van der Waals surface area contributed by atoms with E-state index in [1.165, 1.54) is 39.5 Å². The minimum atomic E-state index is -3.05. The number of nitrogens with zero attached hydrogens (tertiary/aromatic N) is 1. The fraction of sp³-hybridized carbons (Fsp3) is 0.364. The zero-order chi connectivity index (χ0) is 13.7. The van der Waals surface area contributed by atoms with E-state index in [2.05, 4.69) is 4.74 Å². The quantitative estimate of drug-likeness (QED) is 0.760. The number of halogens is 2. The van der Waals surface area contributed by atoms with Crippen molar-refractivity contribution in [1.82, 2.24) is 5.06 Å². The van der Waals surface area contributed by atoms with Crippen molar-refractivity contribution in [3.05, 3.63) is 23.8 Å². The normalized spacial score (nSPS) is 10.3. The molecule has 1 amide bonds. The van der Waals surface area contributed by atoms with E-state index in [-0.39, 0.29) is 17.1 Å². The van der Waals surface area contributed by atoms with Gasteiger partial charge in [-0.25, -0.2) is 5.06 Å². The van der Waals surface area contributed by atoms with E-state index in [0.29, 0.717) is 0 Å². The highest BCUT2D eigenvalue weighted by Crippen LogP contribution is 2.33. The van der Waals surface area contributed by atoms with Crippen molar-refractivity contribution < 1.29 is 27.9 Å². The molecule has 0 aromatic heterocycles. The fourth-order valence-corrected chi connectivity index (χ4v) is 1.31. The maximum Gasteiger partial charge on any atom is 0.387 e. The minimum absolute atomic E-state index is 0.0469. The second-order valence-corrected chi connectivity index (χ2v) is 3.20. The molecule has 0 saturated heterocycles. The number of amides is 1. The molecular formula is C11H13F2NO4. The van der Waals surface area contributed by atoms with E-state index >= 15 is 0 Å². The van der Waals surface area contributed by atoms with Gasteiger partial charge in [0.1, 0.15) is 0 Å². The highest BCUT2D eigenvalue weighted by molar-refractivity contribution is 5.97. The first kappa shape index (κ1) is 14.2. The zero-order valence-corrected chi connectivity index (χ0v) is 10.1. The van der Waals surface area contributed by atoms with Gasteiger partial charge >= 0.3 is 6.61 Å². The molecule has 0 aliphatic heterocycles. The third kappa shape index (κ3) is 3.07. The van der Waals surface area contributed by atoms with Crippen molar-refractivity contribution in [3.8, 4) is 11.5 Å². The van der Waals surface area contributed by atoms with Crippen molar-refractivity contribution in [3.63, 3.8) is 0 Å². The van der Waals surface area contributed by atoms with Gasteiger partial charge in [0.2, 0.25) is 0 Å². The van der Waals surface area contributed by atoms with Gasteiger partial charge in [-0.3, -0.25) is 9.63 Å². The van der Waals surface area contributed by atoms with Gasteiger partial charge in [-0.05, 0) is 12.1 Å². The maximum absolute atomic E-state index is 12.3. The molecule has 1 aromatic carbocycles. The van der Waals surface area contributed by atoms with Gasteiger partial charge in [0.25, 0.3) is 5.91 Å². The van der Waals surface area contributed by atoms with Gasteiger partial charge in [-0.15, -0.1) is 0 Å². The van der Waals surface area contributed by atoms with Gasteiger partial charge in [0.05, 0.1) is 19.8 Å². The topological polar surface area (TPSA) is 48.0 Å². The predicted octanol–water partition coefficient (Wildman–Crippen LogP) is 1.93. The molecule has 0 heterocycles. The second-order valence-electron chi connectivity index (χ2n) is 3.20. The van der Waals surface area contributed by atoms with Crippen LogP contribution in [-0.2, 0) is 4.84 Å². The lowest BCUT2D eigenvalue weighted by Gasteiger charge is -2.17. The molecule has 1 rings (SSSR count). The Kier molecular flexibility index (Phi) is 4.85. The molecule has 0 bridgehead atoms. The third-order valence-electron chi connectivity index (χ3n) is 2.20. The summed E-state index contributed by atoms with van der Waals surface area (Å²) in [6, 6.07) is 4.26. The molecule has 5 nitrogen and oxygen atoms in total. The molecule has 100 valence electrons. The van der Waals surface area contributed by atoms with E-state index < -0.39 is 12.5 Å². The van der Waals surface area contributed by atoms with Gasteiger partial charge < -0.3 is 9.47 Å². The number of methoxy groups -OCH3 is 1. The van der Waals surface area contributed by atoms with Crippen LogP contribution in [0.15, 0.2) is 18.2 Å². The summed E-state index contributed by atoms with van der Waals surface area (Å²) in [5.41, 5.74) is -0.0704. The molecular weight excluding hydrogens is 248 g/mol. The largest absolute Gasteiger partial charge is 0.493 e. The predicted molar refractivity (Wildman–Crippen MR) is 58.7 cm³/mol. The number of para-hydroxylation sites is 1. The number of hydroxylamine groups is 2. The van der Waals surface area contributed by atoms with Gasteiger partial charge in [-0.1, -0.05) is 6.07 Å². The van der Waals surface area contributed by atoms with Crippen LogP contribution in [0.2, 0.25) is 0 Å². The van der Waals surface area contributed by atoms with E-state index in [1.54, 1.807) is 0 Å². The number of hydrogen-bond donors (Lipinski definition) is 0. The molecule has 0 aliphatic rings. The number of ether oxygens (including phenoxy) is 2. The Morgan fingerprint density at radius 2 is 2.00 bits per heavy atom. The molecule has 1 aromatic rings. The molecule has 0 saturated carbocycles. The average Bonchev–Trinajstić information content (AvgIpc) is 2.36. The fourth-order valence-electron chi connectivity index (χ4n) is 1.31. The van der Waals surface area contributed by atoms with Crippen LogP contribution >= 0.6 is 0 Å². The number of hydrogen-bond acceptors (Lipinski definition) is 4. The molecule has 0 unspecified atom stereocenters. The summed E-state index contributed by atoms with van der Waals surface area (Å²) in [5.74, 6) is -0.887. The first-order chi connectivity index (χ1) is 8.51. The molecule has 0 radical (unpaired) electrons. The molecule has 0 spiro atoms. The first-order valence-electron chi connectivity index (χ1n) is 4.95. The van der Waals surface area contributed by atoms with E-state index in [0.717, 1.165) is 5.06 Å². The summed E-state index contributed by atoms with van der Waals surface area (Å²) in [5, 5.41) is 0.896. The summed E-state index contributed by atoms with van der Waals surface area (Å²) in [6.45, 7) is -3.05. The Labute approximate surface area is 103 Å². The number of carbonyl (C=O) groups is 1. The number of carbonyl (C=O) groups excluding carboxylic acids is 1. The van der Waals surface area contributed by atoms with Crippen LogP contribution in [0, 0.1) is 0 Å². The summed E-state index contributed by atoms with van der Waals surface area (Å²) in [6.07, 6.45) is 0. The molecule has 0 N–H and O–H groups in total. The first-order valence-corrected chi connectivity index (χ1v) is 4.95. The summed E-state index contributed by atoms with van der Waals surface area (Å²) >= 11 is 0. The van der Waals surface area contributed by atoms with Gasteiger partial charge in [-0.2, -0.15) is 8.78 Å². The number of rotatable bonds is 5. The average molecular weight is 261 g/mol. The molecule has 0 aliphatic carbocycles.